The second-order valence-electron chi connectivity index (χ2n) is 4.30. The zero-order chi connectivity index (χ0) is 13.8. The number of hydrogen-bond donors (Lipinski definition) is 0. The normalized spacial score (nSPS) is 10.7. The Labute approximate surface area is 122 Å². The molecule has 5 heteroatoms. The molecule has 2 rings (SSSR count). The van der Waals surface area contributed by atoms with Gasteiger partial charge in [0.2, 0.25) is 0 Å². The molecule has 2 aromatic rings. The summed E-state index contributed by atoms with van der Waals surface area (Å²) in [7, 11) is 0. The minimum Gasteiger partial charge on any atom is -0.298 e. The van der Waals surface area contributed by atoms with E-state index in [9.17, 15) is 4.79 Å². The third kappa shape index (κ3) is 3.17. The number of aryl methyl sites for hydroxylation is 1. The molecular weight excluding hydrogens is 283 g/mol. The fraction of sp³-hybridized carbons (Fsp3) is 0.286. The monoisotopic (exact) mass is 296 g/mol. The van der Waals surface area contributed by atoms with Crippen LogP contribution < -0.4 is 0 Å². The topological polar surface area (TPSA) is 34.9 Å². The Morgan fingerprint density at radius 1 is 1.32 bits per heavy atom. The standard InChI is InChI=1S/C14H14Cl2N2O/c1-2-3-6-18-8-11(9-19)14(17-18)10-4-5-12(15)13(16)7-10/h4-5,7-9H,2-3,6H2,1H3. The highest BCUT2D eigenvalue weighted by Crippen LogP contribution is 2.29. The largest absolute Gasteiger partial charge is 0.298 e. The van der Waals surface area contributed by atoms with Gasteiger partial charge in [-0.05, 0) is 18.6 Å². The first-order valence-electron chi connectivity index (χ1n) is 6.13. The lowest BCUT2D eigenvalue weighted by atomic mass is 10.1. The highest BCUT2D eigenvalue weighted by Gasteiger charge is 2.11. The third-order valence-corrected chi connectivity index (χ3v) is 3.59. The van der Waals surface area contributed by atoms with E-state index in [2.05, 4.69) is 12.0 Å². The van der Waals surface area contributed by atoms with E-state index in [1.165, 1.54) is 0 Å². The molecule has 0 saturated carbocycles. The van der Waals surface area contributed by atoms with E-state index in [1.54, 1.807) is 23.0 Å². The van der Waals surface area contributed by atoms with Crippen LogP contribution in [-0.2, 0) is 6.54 Å². The van der Waals surface area contributed by atoms with Gasteiger partial charge in [0, 0.05) is 18.3 Å². The molecule has 0 aliphatic carbocycles. The van der Waals surface area contributed by atoms with Gasteiger partial charge in [-0.1, -0.05) is 42.6 Å². The van der Waals surface area contributed by atoms with Gasteiger partial charge in [-0.15, -0.1) is 0 Å². The van der Waals surface area contributed by atoms with Crippen LogP contribution in [-0.4, -0.2) is 16.1 Å². The Kier molecular flexibility index (Phi) is 4.61. The molecule has 100 valence electrons. The number of aldehydes is 1. The van der Waals surface area contributed by atoms with Crippen LogP contribution in [0.15, 0.2) is 24.4 Å². The minimum absolute atomic E-state index is 0.458. The van der Waals surface area contributed by atoms with Crippen LogP contribution in [0.4, 0.5) is 0 Å². The number of halogens is 2. The maximum Gasteiger partial charge on any atom is 0.153 e. The lowest BCUT2D eigenvalue weighted by Gasteiger charge is -2.01. The number of hydrogen-bond acceptors (Lipinski definition) is 2. The first kappa shape index (κ1) is 14.1. The molecule has 0 atom stereocenters. The van der Waals surface area contributed by atoms with Crippen molar-refractivity contribution in [3.63, 3.8) is 0 Å². The van der Waals surface area contributed by atoms with E-state index >= 15 is 0 Å². The molecule has 0 aliphatic heterocycles. The van der Waals surface area contributed by atoms with Gasteiger partial charge >= 0.3 is 0 Å². The highest BCUT2D eigenvalue weighted by atomic mass is 35.5. The number of carbonyl (C=O) groups excluding carboxylic acids is 1. The molecule has 0 unspecified atom stereocenters. The van der Waals surface area contributed by atoms with Gasteiger partial charge in [-0.2, -0.15) is 5.10 Å². The Morgan fingerprint density at radius 3 is 2.74 bits per heavy atom. The molecule has 1 aromatic heterocycles. The lowest BCUT2D eigenvalue weighted by molar-refractivity contribution is 0.112. The summed E-state index contributed by atoms with van der Waals surface area (Å²) in [5, 5.41) is 5.39. The van der Waals surface area contributed by atoms with Crippen LogP contribution in [0.25, 0.3) is 11.3 Å². The predicted molar refractivity (Wildman–Crippen MR) is 78.0 cm³/mol. The van der Waals surface area contributed by atoms with Crippen molar-refractivity contribution in [2.45, 2.75) is 26.3 Å². The number of benzene rings is 1. The van der Waals surface area contributed by atoms with Crippen LogP contribution in [0.3, 0.4) is 0 Å². The van der Waals surface area contributed by atoms with Crippen molar-refractivity contribution >= 4 is 29.5 Å². The number of rotatable bonds is 5. The second kappa shape index (κ2) is 6.22. The van der Waals surface area contributed by atoms with Crippen molar-refractivity contribution in [1.29, 1.82) is 0 Å². The van der Waals surface area contributed by atoms with Crippen LogP contribution in [0.1, 0.15) is 30.1 Å². The number of aromatic nitrogens is 2. The fourth-order valence-electron chi connectivity index (χ4n) is 1.83. The summed E-state index contributed by atoms with van der Waals surface area (Å²) < 4.78 is 1.80. The van der Waals surface area contributed by atoms with Gasteiger partial charge < -0.3 is 0 Å². The molecule has 1 heterocycles. The van der Waals surface area contributed by atoms with E-state index < -0.39 is 0 Å². The molecule has 1 aromatic carbocycles. The van der Waals surface area contributed by atoms with Crippen LogP contribution >= 0.6 is 23.2 Å². The fourth-order valence-corrected chi connectivity index (χ4v) is 2.12. The molecule has 0 amide bonds. The molecular formula is C14H14Cl2N2O. The predicted octanol–water partition coefficient (Wildman–Crippen LogP) is 4.47. The molecule has 19 heavy (non-hydrogen) atoms. The first-order chi connectivity index (χ1) is 9.15. The van der Waals surface area contributed by atoms with Crippen molar-refractivity contribution in [3.05, 3.63) is 40.0 Å². The number of carbonyl (C=O) groups is 1. The van der Waals surface area contributed by atoms with Gasteiger partial charge in [0.15, 0.2) is 6.29 Å². The van der Waals surface area contributed by atoms with Crippen molar-refractivity contribution in [1.82, 2.24) is 9.78 Å². The van der Waals surface area contributed by atoms with E-state index in [-0.39, 0.29) is 0 Å². The Bertz CT molecular complexity index is 593. The maximum absolute atomic E-state index is 11.1. The summed E-state index contributed by atoms with van der Waals surface area (Å²) in [6.07, 6.45) is 4.69. The van der Waals surface area contributed by atoms with Crippen LogP contribution in [0.2, 0.25) is 10.0 Å². The Morgan fingerprint density at radius 2 is 2.11 bits per heavy atom. The lowest BCUT2D eigenvalue weighted by Crippen LogP contribution is -1.97. The molecule has 3 nitrogen and oxygen atoms in total. The van der Waals surface area contributed by atoms with E-state index in [0.717, 1.165) is 31.2 Å². The van der Waals surface area contributed by atoms with E-state index in [0.29, 0.717) is 21.3 Å². The maximum atomic E-state index is 11.1. The molecule has 0 spiro atoms. The molecule has 0 saturated heterocycles. The van der Waals surface area contributed by atoms with E-state index in [4.69, 9.17) is 23.2 Å². The minimum atomic E-state index is 0.458. The van der Waals surface area contributed by atoms with Crippen molar-refractivity contribution in [3.8, 4) is 11.3 Å². The summed E-state index contributed by atoms with van der Waals surface area (Å²) in [6, 6.07) is 5.25. The summed E-state index contributed by atoms with van der Waals surface area (Å²) in [5.41, 5.74) is 2.01. The SMILES string of the molecule is CCCCn1cc(C=O)c(-c2ccc(Cl)c(Cl)c2)n1. The summed E-state index contributed by atoms with van der Waals surface area (Å²) >= 11 is 11.9. The molecule has 0 fully saturated rings. The summed E-state index contributed by atoms with van der Waals surface area (Å²) in [4.78, 5) is 11.1. The first-order valence-corrected chi connectivity index (χ1v) is 6.89. The zero-order valence-corrected chi connectivity index (χ0v) is 12.1. The van der Waals surface area contributed by atoms with Gasteiger partial charge in [-0.3, -0.25) is 9.48 Å². The van der Waals surface area contributed by atoms with Gasteiger partial charge in [0.25, 0.3) is 0 Å². The quantitative estimate of drug-likeness (QED) is 0.763. The Balaban J connectivity index is 2.39. The molecule has 0 radical (unpaired) electrons. The average molecular weight is 297 g/mol. The highest BCUT2D eigenvalue weighted by molar-refractivity contribution is 6.42. The second-order valence-corrected chi connectivity index (χ2v) is 5.11. The number of nitrogens with zero attached hydrogens (tertiary/aromatic N) is 2. The van der Waals surface area contributed by atoms with Gasteiger partial charge in [0.1, 0.15) is 5.69 Å². The molecule has 0 N–H and O–H groups in total. The van der Waals surface area contributed by atoms with Crippen molar-refractivity contribution in [2.75, 3.05) is 0 Å². The van der Waals surface area contributed by atoms with Crippen LogP contribution in [0.5, 0.6) is 0 Å². The molecule has 0 bridgehead atoms. The van der Waals surface area contributed by atoms with E-state index in [1.807, 2.05) is 6.07 Å². The summed E-state index contributed by atoms with van der Waals surface area (Å²) in [5.74, 6) is 0. The average Bonchev–Trinajstić information content (AvgIpc) is 2.83. The van der Waals surface area contributed by atoms with Gasteiger partial charge in [-0.25, -0.2) is 0 Å². The zero-order valence-electron chi connectivity index (χ0n) is 10.6. The number of unbranched alkanes of at least 4 members (excludes halogenated alkanes) is 1. The summed E-state index contributed by atoms with van der Waals surface area (Å²) in [6.45, 7) is 2.92. The smallest absolute Gasteiger partial charge is 0.153 e. The third-order valence-electron chi connectivity index (χ3n) is 2.85. The van der Waals surface area contributed by atoms with Gasteiger partial charge in [0.05, 0.1) is 15.6 Å². The van der Waals surface area contributed by atoms with Crippen LogP contribution in [0, 0.1) is 0 Å². The molecule has 0 aliphatic rings. The van der Waals surface area contributed by atoms with Crippen molar-refractivity contribution < 1.29 is 4.79 Å². The Hall–Kier alpha value is -1.32. The van der Waals surface area contributed by atoms with Crippen molar-refractivity contribution in [2.24, 2.45) is 0 Å².